The predicted molar refractivity (Wildman–Crippen MR) is 71.7 cm³/mol. The van der Waals surface area contributed by atoms with Crippen molar-refractivity contribution >= 4 is 5.91 Å². The monoisotopic (exact) mass is 276 g/mol. The van der Waals surface area contributed by atoms with Crippen LogP contribution >= 0.6 is 0 Å². The van der Waals surface area contributed by atoms with E-state index >= 15 is 0 Å². The highest BCUT2D eigenvalue weighted by atomic mass is 19.1. The SMILES string of the molecule is CCOc1ccc(C(N)=O)c(=O)n1-c1ccc(F)cc1. The van der Waals surface area contributed by atoms with Crippen LogP contribution in [0.3, 0.4) is 0 Å². The summed E-state index contributed by atoms with van der Waals surface area (Å²) in [5.74, 6) is -0.992. The molecule has 0 unspecified atom stereocenters. The minimum atomic E-state index is -0.825. The third-order valence-electron chi connectivity index (χ3n) is 2.69. The van der Waals surface area contributed by atoms with Crippen molar-refractivity contribution in [1.29, 1.82) is 0 Å². The molecule has 0 saturated carbocycles. The van der Waals surface area contributed by atoms with Crippen LogP contribution in [0.1, 0.15) is 17.3 Å². The van der Waals surface area contributed by atoms with Crippen molar-refractivity contribution < 1.29 is 13.9 Å². The van der Waals surface area contributed by atoms with Crippen LogP contribution in [0.15, 0.2) is 41.2 Å². The van der Waals surface area contributed by atoms with E-state index in [1.54, 1.807) is 6.92 Å². The Morgan fingerprint density at radius 2 is 1.90 bits per heavy atom. The van der Waals surface area contributed by atoms with Crippen LogP contribution in [0.5, 0.6) is 5.88 Å². The van der Waals surface area contributed by atoms with Gasteiger partial charge in [0.2, 0.25) is 5.88 Å². The van der Waals surface area contributed by atoms with E-state index in [9.17, 15) is 14.0 Å². The highest BCUT2D eigenvalue weighted by molar-refractivity contribution is 5.92. The van der Waals surface area contributed by atoms with Crippen LogP contribution in [0.4, 0.5) is 4.39 Å². The summed E-state index contributed by atoms with van der Waals surface area (Å²) in [7, 11) is 0. The van der Waals surface area contributed by atoms with Crippen molar-refractivity contribution in [3.05, 3.63) is 58.1 Å². The summed E-state index contributed by atoms with van der Waals surface area (Å²) < 4.78 is 19.5. The Labute approximate surface area is 114 Å². The minimum absolute atomic E-state index is 0.155. The van der Waals surface area contributed by atoms with Crippen LogP contribution in [-0.4, -0.2) is 17.1 Å². The lowest BCUT2D eigenvalue weighted by Crippen LogP contribution is -2.29. The second kappa shape index (κ2) is 5.56. The number of nitrogens with two attached hydrogens (primary N) is 1. The topological polar surface area (TPSA) is 74.3 Å². The lowest BCUT2D eigenvalue weighted by molar-refractivity contribution is 0.0998. The van der Waals surface area contributed by atoms with Crippen molar-refractivity contribution in [2.75, 3.05) is 6.61 Å². The van der Waals surface area contributed by atoms with Gasteiger partial charge in [0.15, 0.2) is 0 Å². The maximum atomic E-state index is 13.0. The van der Waals surface area contributed by atoms with Gasteiger partial charge in [0.25, 0.3) is 11.5 Å². The highest BCUT2D eigenvalue weighted by Gasteiger charge is 2.14. The van der Waals surface area contributed by atoms with Crippen molar-refractivity contribution in [1.82, 2.24) is 4.57 Å². The number of pyridine rings is 1. The fraction of sp³-hybridized carbons (Fsp3) is 0.143. The van der Waals surface area contributed by atoms with E-state index in [0.29, 0.717) is 12.3 Å². The van der Waals surface area contributed by atoms with Gasteiger partial charge in [-0.1, -0.05) is 0 Å². The maximum absolute atomic E-state index is 13.0. The summed E-state index contributed by atoms with van der Waals surface area (Å²) in [5.41, 5.74) is 4.79. The highest BCUT2D eigenvalue weighted by Crippen LogP contribution is 2.16. The lowest BCUT2D eigenvalue weighted by Gasteiger charge is -2.13. The fourth-order valence-electron chi connectivity index (χ4n) is 1.80. The molecule has 2 aromatic rings. The van der Waals surface area contributed by atoms with Crippen LogP contribution in [0.25, 0.3) is 5.69 Å². The van der Waals surface area contributed by atoms with Gasteiger partial charge >= 0.3 is 0 Å². The molecule has 20 heavy (non-hydrogen) atoms. The Morgan fingerprint density at radius 3 is 2.45 bits per heavy atom. The molecule has 0 fully saturated rings. The first-order valence-electron chi connectivity index (χ1n) is 5.99. The van der Waals surface area contributed by atoms with Gasteiger partial charge in [-0.05, 0) is 43.3 Å². The number of nitrogens with zero attached hydrogens (tertiary/aromatic N) is 1. The van der Waals surface area contributed by atoms with Crippen LogP contribution in [0, 0.1) is 5.82 Å². The molecule has 1 aromatic heterocycles. The van der Waals surface area contributed by atoms with Gasteiger partial charge in [0, 0.05) is 0 Å². The van der Waals surface area contributed by atoms with E-state index in [0.717, 1.165) is 0 Å². The molecule has 0 radical (unpaired) electrons. The van der Waals surface area contributed by atoms with E-state index in [4.69, 9.17) is 10.5 Å². The lowest BCUT2D eigenvalue weighted by atomic mass is 10.2. The van der Waals surface area contributed by atoms with E-state index in [-0.39, 0.29) is 11.4 Å². The quantitative estimate of drug-likeness (QED) is 0.919. The molecular formula is C14H13FN2O3. The Bertz CT molecular complexity index is 693. The number of ether oxygens (including phenoxy) is 1. The maximum Gasteiger partial charge on any atom is 0.270 e. The molecule has 1 aromatic carbocycles. The number of primary amides is 1. The predicted octanol–water partition coefficient (Wildman–Crippen LogP) is 1.47. The number of hydrogen-bond donors (Lipinski definition) is 1. The second-order valence-corrected chi connectivity index (χ2v) is 4.00. The molecule has 0 saturated heterocycles. The standard InChI is InChI=1S/C14H13FN2O3/c1-2-20-12-8-7-11(13(16)18)14(19)17(12)10-5-3-9(15)4-6-10/h3-8H,2H2,1H3,(H2,16,18). The third kappa shape index (κ3) is 2.54. The van der Waals surface area contributed by atoms with Gasteiger partial charge in [0.1, 0.15) is 11.4 Å². The number of hydrogen-bond acceptors (Lipinski definition) is 3. The molecule has 0 atom stereocenters. The number of aromatic nitrogens is 1. The van der Waals surface area contributed by atoms with Gasteiger partial charge in [-0.2, -0.15) is 0 Å². The van der Waals surface area contributed by atoms with Crippen molar-refractivity contribution in [3.63, 3.8) is 0 Å². The molecule has 5 nitrogen and oxygen atoms in total. The van der Waals surface area contributed by atoms with E-state index in [1.165, 1.54) is 41.0 Å². The minimum Gasteiger partial charge on any atom is -0.479 e. The molecule has 0 aliphatic carbocycles. The van der Waals surface area contributed by atoms with Crippen LogP contribution in [-0.2, 0) is 0 Å². The second-order valence-electron chi connectivity index (χ2n) is 4.00. The van der Waals surface area contributed by atoms with E-state index < -0.39 is 17.3 Å². The molecule has 104 valence electrons. The average molecular weight is 276 g/mol. The van der Waals surface area contributed by atoms with Gasteiger partial charge in [-0.3, -0.25) is 9.59 Å². The zero-order valence-corrected chi connectivity index (χ0v) is 10.8. The first-order chi connectivity index (χ1) is 9.54. The first-order valence-corrected chi connectivity index (χ1v) is 5.99. The van der Waals surface area contributed by atoms with Crippen molar-refractivity contribution in [2.45, 2.75) is 6.92 Å². The Morgan fingerprint density at radius 1 is 1.25 bits per heavy atom. The number of carbonyl (C=O) groups excluding carboxylic acids is 1. The number of rotatable bonds is 4. The van der Waals surface area contributed by atoms with Gasteiger partial charge in [-0.15, -0.1) is 0 Å². The van der Waals surface area contributed by atoms with E-state index in [2.05, 4.69) is 0 Å². The van der Waals surface area contributed by atoms with Crippen molar-refractivity contribution in [2.24, 2.45) is 5.73 Å². The molecule has 2 N–H and O–H groups in total. The first kappa shape index (κ1) is 13.8. The van der Waals surface area contributed by atoms with Crippen LogP contribution < -0.4 is 16.0 Å². The number of carbonyl (C=O) groups is 1. The van der Waals surface area contributed by atoms with Crippen LogP contribution in [0.2, 0.25) is 0 Å². The van der Waals surface area contributed by atoms with Crippen molar-refractivity contribution in [3.8, 4) is 11.6 Å². The molecule has 2 rings (SSSR count). The molecule has 1 heterocycles. The fourth-order valence-corrected chi connectivity index (χ4v) is 1.80. The zero-order chi connectivity index (χ0) is 14.7. The molecule has 0 spiro atoms. The summed E-state index contributed by atoms with van der Waals surface area (Å²) in [6.45, 7) is 2.11. The number of halogens is 1. The summed E-state index contributed by atoms with van der Waals surface area (Å²) in [5, 5.41) is 0. The smallest absolute Gasteiger partial charge is 0.270 e. The van der Waals surface area contributed by atoms with E-state index in [1.807, 2.05) is 0 Å². The third-order valence-corrected chi connectivity index (χ3v) is 2.69. The molecule has 6 heteroatoms. The molecule has 0 aliphatic heterocycles. The zero-order valence-electron chi connectivity index (χ0n) is 10.8. The van der Waals surface area contributed by atoms with Gasteiger partial charge in [0.05, 0.1) is 12.3 Å². The molecular weight excluding hydrogens is 263 g/mol. The largest absolute Gasteiger partial charge is 0.479 e. The molecule has 1 amide bonds. The Hall–Kier alpha value is -2.63. The summed E-state index contributed by atoms with van der Waals surface area (Å²) in [4.78, 5) is 23.5. The summed E-state index contributed by atoms with van der Waals surface area (Å²) in [6.07, 6.45) is 0. The average Bonchev–Trinajstić information content (AvgIpc) is 2.40. The summed E-state index contributed by atoms with van der Waals surface area (Å²) in [6, 6.07) is 8.07. The van der Waals surface area contributed by atoms with Gasteiger partial charge < -0.3 is 10.5 Å². The molecule has 0 aliphatic rings. The Balaban J connectivity index is 2.69. The number of amides is 1. The Kier molecular flexibility index (Phi) is 3.84. The number of benzene rings is 1. The summed E-state index contributed by atoms with van der Waals surface area (Å²) >= 11 is 0. The van der Waals surface area contributed by atoms with Gasteiger partial charge in [-0.25, -0.2) is 8.96 Å². The molecule has 0 bridgehead atoms. The normalized spacial score (nSPS) is 10.3.